The summed E-state index contributed by atoms with van der Waals surface area (Å²) < 4.78 is 21.2. The van der Waals surface area contributed by atoms with E-state index in [1.54, 1.807) is 22.2 Å². The Kier molecular flexibility index (Phi) is 8.83. The number of carbonyl (C=O) groups excluding carboxylic acids is 1. The van der Waals surface area contributed by atoms with Gasteiger partial charge in [0.2, 0.25) is 11.8 Å². The Hall–Kier alpha value is -5.05. The maximum Gasteiger partial charge on any atom is 0.333 e. The fourth-order valence-electron chi connectivity index (χ4n) is 5.74. The van der Waals surface area contributed by atoms with Gasteiger partial charge in [0.1, 0.15) is 24.5 Å². The van der Waals surface area contributed by atoms with Crippen LogP contribution >= 0.6 is 0 Å². The quantitative estimate of drug-likeness (QED) is 0.175. The first-order valence-electron chi connectivity index (χ1n) is 15.7. The van der Waals surface area contributed by atoms with Gasteiger partial charge >= 0.3 is 11.7 Å². The van der Waals surface area contributed by atoms with Crippen LogP contribution in [0, 0.1) is 5.92 Å². The molecule has 238 valence electrons. The number of hydrogen-bond acceptors (Lipinski definition) is 7. The molecule has 0 spiro atoms. The third-order valence-corrected chi connectivity index (χ3v) is 8.14. The molecule has 3 aromatic carbocycles. The topological polar surface area (TPSA) is 87.8 Å². The minimum absolute atomic E-state index is 0.105. The van der Waals surface area contributed by atoms with Crippen LogP contribution in [-0.2, 0) is 29.8 Å². The van der Waals surface area contributed by atoms with E-state index in [0.29, 0.717) is 24.1 Å². The van der Waals surface area contributed by atoms with Crippen LogP contribution < -0.4 is 20.1 Å². The maximum atomic E-state index is 13.8. The standard InChI is InChI=1S/C37H40N4O5/c1-37(2,3)46-35(42)28-19-21-40(22-20-28)29-15-16-30-32(23-29)39(4)36(43)41(30)31-17-18-33(44-24-26-11-7-5-8-12-26)38-34(31)45-25-27-13-9-6-10-14-27/h5-18,23,28H,19-22,24-25H2,1-4H3. The number of imidazole rings is 1. The summed E-state index contributed by atoms with van der Waals surface area (Å²) in [7, 11) is 1.77. The predicted molar refractivity (Wildman–Crippen MR) is 179 cm³/mol. The number of hydrogen-bond donors (Lipinski definition) is 0. The van der Waals surface area contributed by atoms with Gasteiger partial charge in [-0.25, -0.2) is 4.79 Å². The molecule has 1 saturated heterocycles. The number of ether oxygens (including phenoxy) is 3. The van der Waals surface area contributed by atoms with Crippen LogP contribution in [-0.4, -0.2) is 38.8 Å². The predicted octanol–water partition coefficient (Wildman–Crippen LogP) is 6.44. The first kappa shape index (κ1) is 31.0. The molecule has 0 aliphatic carbocycles. The smallest absolute Gasteiger partial charge is 0.333 e. The normalized spacial score (nSPS) is 14.0. The molecule has 0 bridgehead atoms. The Labute approximate surface area is 269 Å². The van der Waals surface area contributed by atoms with Crippen LogP contribution in [0.4, 0.5) is 5.69 Å². The average Bonchev–Trinajstić information content (AvgIpc) is 3.31. The van der Waals surface area contributed by atoms with E-state index in [-0.39, 0.29) is 24.2 Å². The van der Waals surface area contributed by atoms with Gasteiger partial charge in [-0.15, -0.1) is 0 Å². The first-order chi connectivity index (χ1) is 22.2. The number of rotatable bonds is 9. The number of fused-ring (bicyclic) bond motifs is 1. The van der Waals surface area contributed by atoms with Crippen LogP contribution in [0.15, 0.2) is 95.8 Å². The molecule has 0 saturated carbocycles. The molecule has 0 N–H and O–H groups in total. The van der Waals surface area contributed by atoms with Crippen molar-refractivity contribution in [3.05, 3.63) is 113 Å². The molecule has 5 aromatic rings. The molecule has 0 amide bonds. The lowest BCUT2D eigenvalue weighted by molar-refractivity contribution is -0.160. The average molecular weight is 621 g/mol. The second-order valence-electron chi connectivity index (χ2n) is 12.7. The third kappa shape index (κ3) is 6.93. The van der Waals surface area contributed by atoms with Crippen molar-refractivity contribution in [3.63, 3.8) is 0 Å². The number of aromatic nitrogens is 3. The van der Waals surface area contributed by atoms with E-state index < -0.39 is 5.60 Å². The Morgan fingerprint density at radius 2 is 1.46 bits per heavy atom. The van der Waals surface area contributed by atoms with Crippen molar-refractivity contribution < 1.29 is 19.0 Å². The number of aryl methyl sites for hydroxylation is 1. The molecular weight excluding hydrogens is 580 g/mol. The van der Waals surface area contributed by atoms with Crippen LogP contribution in [0.3, 0.4) is 0 Å². The summed E-state index contributed by atoms with van der Waals surface area (Å²) in [5, 5.41) is 0. The van der Waals surface area contributed by atoms with Gasteiger partial charge in [0.15, 0.2) is 0 Å². The van der Waals surface area contributed by atoms with Crippen LogP contribution in [0.1, 0.15) is 44.7 Å². The van der Waals surface area contributed by atoms with E-state index in [0.717, 1.165) is 53.8 Å². The van der Waals surface area contributed by atoms with Crippen molar-refractivity contribution in [2.24, 2.45) is 13.0 Å². The van der Waals surface area contributed by atoms with Gasteiger partial charge in [-0.2, -0.15) is 4.98 Å². The van der Waals surface area contributed by atoms with Gasteiger partial charge in [0, 0.05) is 31.9 Å². The SMILES string of the molecule is Cn1c(=O)n(-c2ccc(OCc3ccccc3)nc2OCc2ccccc2)c2ccc(N3CCC(C(=O)OC(C)(C)C)CC3)cc21. The highest BCUT2D eigenvalue weighted by Gasteiger charge is 2.29. The second-order valence-corrected chi connectivity index (χ2v) is 12.7. The zero-order chi connectivity index (χ0) is 32.3. The van der Waals surface area contributed by atoms with E-state index in [9.17, 15) is 9.59 Å². The number of benzene rings is 3. The highest BCUT2D eigenvalue weighted by atomic mass is 16.6. The lowest BCUT2D eigenvalue weighted by Crippen LogP contribution is -2.38. The molecule has 6 rings (SSSR count). The lowest BCUT2D eigenvalue weighted by Gasteiger charge is -2.34. The van der Waals surface area contributed by atoms with Crippen molar-refractivity contribution in [3.8, 4) is 17.4 Å². The second kappa shape index (κ2) is 13.1. The molecule has 0 unspecified atom stereocenters. The number of carbonyl (C=O) groups is 1. The molecular formula is C37H40N4O5. The van der Waals surface area contributed by atoms with Gasteiger partial charge in [0.25, 0.3) is 0 Å². The number of esters is 1. The summed E-state index contributed by atoms with van der Waals surface area (Å²) >= 11 is 0. The highest BCUT2D eigenvalue weighted by molar-refractivity contribution is 5.83. The molecule has 0 radical (unpaired) electrons. The zero-order valence-electron chi connectivity index (χ0n) is 26.8. The van der Waals surface area contributed by atoms with E-state index in [1.165, 1.54) is 0 Å². The number of anilines is 1. The molecule has 2 aromatic heterocycles. The van der Waals surface area contributed by atoms with Crippen molar-refractivity contribution in [2.75, 3.05) is 18.0 Å². The summed E-state index contributed by atoms with van der Waals surface area (Å²) in [4.78, 5) is 33.4. The largest absolute Gasteiger partial charge is 0.473 e. The zero-order valence-corrected chi connectivity index (χ0v) is 26.8. The summed E-state index contributed by atoms with van der Waals surface area (Å²) in [6.07, 6.45) is 1.44. The third-order valence-electron chi connectivity index (χ3n) is 8.14. The summed E-state index contributed by atoms with van der Waals surface area (Å²) in [5.41, 5.74) is 4.37. The number of piperidine rings is 1. The first-order valence-corrected chi connectivity index (χ1v) is 15.7. The van der Waals surface area contributed by atoms with Crippen molar-refractivity contribution in [1.29, 1.82) is 0 Å². The Bertz CT molecular complexity index is 1870. The van der Waals surface area contributed by atoms with Gasteiger partial charge in [-0.3, -0.25) is 13.9 Å². The maximum absolute atomic E-state index is 13.8. The van der Waals surface area contributed by atoms with Crippen molar-refractivity contribution in [2.45, 2.75) is 52.4 Å². The minimum Gasteiger partial charge on any atom is -0.473 e. The molecule has 9 heteroatoms. The number of nitrogens with zero attached hydrogens (tertiary/aromatic N) is 4. The minimum atomic E-state index is -0.491. The lowest BCUT2D eigenvalue weighted by atomic mass is 9.96. The Balaban J connectivity index is 1.28. The van der Waals surface area contributed by atoms with Gasteiger partial charge in [-0.1, -0.05) is 60.7 Å². The molecule has 3 heterocycles. The van der Waals surface area contributed by atoms with Crippen LogP contribution in [0.2, 0.25) is 0 Å². The molecule has 46 heavy (non-hydrogen) atoms. The van der Waals surface area contributed by atoms with E-state index in [1.807, 2.05) is 106 Å². The fourth-order valence-corrected chi connectivity index (χ4v) is 5.74. The number of pyridine rings is 1. The molecule has 1 fully saturated rings. The van der Waals surface area contributed by atoms with E-state index >= 15 is 0 Å². The molecule has 1 aliphatic heterocycles. The van der Waals surface area contributed by atoms with Gasteiger partial charge < -0.3 is 19.1 Å². The fraction of sp³-hybridized carbons (Fsp3) is 0.324. The van der Waals surface area contributed by atoms with Crippen molar-refractivity contribution in [1.82, 2.24) is 14.1 Å². The Morgan fingerprint density at radius 3 is 2.09 bits per heavy atom. The summed E-state index contributed by atoms with van der Waals surface area (Å²) in [6, 6.07) is 29.3. The van der Waals surface area contributed by atoms with E-state index in [2.05, 4.69) is 4.90 Å². The van der Waals surface area contributed by atoms with Crippen molar-refractivity contribution >= 4 is 22.7 Å². The monoisotopic (exact) mass is 620 g/mol. The summed E-state index contributed by atoms with van der Waals surface area (Å²) in [5.74, 6) is 0.474. The summed E-state index contributed by atoms with van der Waals surface area (Å²) in [6.45, 7) is 7.80. The molecule has 9 nitrogen and oxygen atoms in total. The van der Waals surface area contributed by atoms with Gasteiger partial charge in [-0.05, 0) is 69.0 Å². The molecule has 0 atom stereocenters. The highest BCUT2D eigenvalue weighted by Crippen LogP contribution is 2.31. The Morgan fingerprint density at radius 1 is 0.826 bits per heavy atom. The van der Waals surface area contributed by atoms with Gasteiger partial charge in [0.05, 0.1) is 17.0 Å². The van der Waals surface area contributed by atoms with Crippen LogP contribution in [0.5, 0.6) is 11.8 Å². The molecule has 1 aliphatic rings. The van der Waals surface area contributed by atoms with E-state index in [4.69, 9.17) is 19.2 Å². The van der Waals surface area contributed by atoms with Crippen LogP contribution in [0.25, 0.3) is 16.7 Å².